The van der Waals surface area contributed by atoms with Crippen LogP contribution in [0.25, 0.3) is 0 Å². The molecule has 0 saturated heterocycles. The number of nitrogen functional groups attached to an aromatic ring is 1. The molecule has 0 bridgehead atoms. The van der Waals surface area contributed by atoms with Crippen LogP contribution in [0.1, 0.15) is 23.7 Å². The molecular weight excluding hydrogens is 264 g/mol. The summed E-state index contributed by atoms with van der Waals surface area (Å²) in [5, 5.41) is 2.77. The number of hydrogen-bond donors (Lipinski definition) is 2. The normalized spacial score (nSPS) is 11.9. The number of rotatable bonds is 7. The van der Waals surface area contributed by atoms with Crippen LogP contribution < -0.4 is 15.8 Å². The van der Waals surface area contributed by atoms with Crippen molar-refractivity contribution in [3.8, 4) is 5.75 Å². The van der Waals surface area contributed by atoms with Gasteiger partial charge in [-0.2, -0.15) is 0 Å². The monoisotopic (exact) mass is 284 g/mol. The number of nitrogens with two attached hydrogens (primary N) is 1. The first-order valence-electron chi connectivity index (χ1n) is 6.15. The Morgan fingerprint density at radius 1 is 1.47 bits per heavy atom. The Bertz CT molecular complexity index is 463. The van der Waals surface area contributed by atoms with Crippen LogP contribution in [0.3, 0.4) is 0 Å². The number of carbonyl (C=O) groups is 1. The molecule has 1 amide bonds. The summed E-state index contributed by atoms with van der Waals surface area (Å²) < 4.78 is 16.3. The summed E-state index contributed by atoms with van der Waals surface area (Å²) in [6, 6.07) is 5.09. The topological polar surface area (TPSA) is 81.4 Å². The lowest BCUT2D eigenvalue weighted by Gasteiger charge is -2.12. The molecule has 0 heterocycles. The van der Waals surface area contributed by atoms with Gasteiger partial charge in [0.25, 0.3) is 5.91 Å². The van der Waals surface area contributed by atoms with E-state index in [1.807, 2.05) is 6.92 Å². The fourth-order valence-corrected chi connectivity index (χ4v) is 2.16. The lowest BCUT2D eigenvalue weighted by Crippen LogP contribution is -2.26. The smallest absolute Gasteiger partial charge is 0.255 e. The van der Waals surface area contributed by atoms with Crippen LogP contribution in [0, 0.1) is 0 Å². The van der Waals surface area contributed by atoms with E-state index in [1.165, 1.54) is 0 Å². The van der Waals surface area contributed by atoms with Crippen LogP contribution in [-0.4, -0.2) is 35.3 Å². The van der Waals surface area contributed by atoms with E-state index in [0.29, 0.717) is 42.3 Å². The third-order valence-electron chi connectivity index (χ3n) is 2.47. The van der Waals surface area contributed by atoms with Gasteiger partial charge in [-0.05, 0) is 25.5 Å². The van der Waals surface area contributed by atoms with E-state index in [0.717, 1.165) is 0 Å². The highest BCUT2D eigenvalue weighted by Crippen LogP contribution is 2.26. The average Bonchev–Trinajstić information content (AvgIpc) is 2.36. The molecule has 0 radical (unpaired) electrons. The molecule has 106 valence electrons. The summed E-state index contributed by atoms with van der Waals surface area (Å²) in [4.78, 5) is 12.0. The molecule has 6 heteroatoms. The van der Waals surface area contributed by atoms with Crippen molar-refractivity contribution < 1.29 is 13.7 Å². The number of para-hydroxylation sites is 1. The van der Waals surface area contributed by atoms with Crippen LogP contribution in [0.5, 0.6) is 5.75 Å². The van der Waals surface area contributed by atoms with Crippen molar-refractivity contribution in [2.24, 2.45) is 0 Å². The van der Waals surface area contributed by atoms with E-state index >= 15 is 0 Å². The second-order valence-electron chi connectivity index (χ2n) is 4.04. The minimum atomic E-state index is -0.832. The van der Waals surface area contributed by atoms with E-state index in [4.69, 9.17) is 10.5 Å². The zero-order chi connectivity index (χ0) is 14.3. The number of benzene rings is 1. The molecule has 0 aliphatic rings. The summed E-state index contributed by atoms with van der Waals surface area (Å²) in [5.74, 6) is 0.773. The number of amides is 1. The molecule has 3 N–H and O–H groups in total. The molecule has 1 unspecified atom stereocenters. The minimum Gasteiger partial charge on any atom is -0.491 e. The summed E-state index contributed by atoms with van der Waals surface area (Å²) in [5.41, 5.74) is 6.67. The van der Waals surface area contributed by atoms with Crippen LogP contribution in [-0.2, 0) is 10.8 Å². The minimum absolute atomic E-state index is 0.224. The Hall–Kier alpha value is -1.56. The third kappa shape index (κ3) is 4.90. The van der Waals surface area contributed by atoms with E-state index in [9.17, 15) is 9.00 Å². The molecule has 0 fully saturated rings. The van der Waals surface area contributed by atoms with Gasteiger partial charge in [-0.3, -0.25) is 9.00 Å². The average molecular weight is 284 g/mol. The number of nitrogens with one attached hydrogen (secondary N) is 1. The SMILES string of the molecule is CCOc1c(N)cccc1C(=O)NCCCS(C)=O. The highest BCUT2D eigenvalue weighted by molar-refractivity contribution is 7.84. The molecule has 5 nitrogen and oxygen atoms in total. The zero-order valence-electron chi connectivity index (χ0n) is 11.3. The quantitative estimate of drug-likeness (QED) is 0.581. The Morgan fingerprint density at radius 2 is 2.21 bits per heavy atom. The first-order valence-corrected chi connectivity index (χ1v) is 7.88. The lowest BCUT2D eigenvalue weighted by molar-refractivity contribution is 0.0950. The van der Waals surface area contributed by atoms with Gasteiger partial charge in [0.1, 0.15) is 0 Å². The standard InChI is InChI=1S/C13H20N2O3S/c1-3-18-12-10(6-4-7-11(12)14)13(16)15-8-5-9-19(2)17/h4,6-7H,3,5,8-9,14H2,1-2H3,(H,15,16). The van der Waals surface area contributed by atoms with Gasteiger partial charge in [0.2, 0.25) is 0 Å². The highest BCUT2D eigenvalue weighted by Gasteiger charge is 2.14. The van der Waals surface area contributed by atoms with Crippen LogP contribution in [0.2, 0.25) is 0 Å². The Balaban J connectivity index is 2.66. The van der Waals surface area contributed by atoms with Crippen molar-refractivity contribution in [3.05, 3.63) is 23.8 Å². The van der Waals surface area contributed by atoms with Crippen molar-refractivity contribution in [2.45, 2.75) is 13.3 Å². The van der Waals surface area contributed by atoms with Gasteiger partial charge in [-0.1, -0.05) is 6.07 Å². The van der Waals surface area contributed by atoms with Crippen molar-refractivity contribution in [3.63, 3.8) is 0 Å². The molecule has 0 aliphatic carbocycles. The van der Waals surface area contributed by atoms with Gasteiger partial charge in [0, 0.05) is 29.4 Å². The number of ether oxygens (including phenoxy) is 1. The summed E-state index contributed by atoms with van der Waals surface area (Å²) in [7, 11) is -0.832. The summed E-state index contributed by atoms with van der Waals surface area (Å²) in [6.07, 6.45) is 2.33. The van der Waals surface area contributed by atoms with Crippen molar-refractivity contribution in [1.29, 1.82) is 0 Å². The molecule has 0 aliphatic heterocycles. The number of carbonyl (C=O) groups excluding carboxylic acids is 1. The van der Waals surface area contributed by atoms with Gasteiger partial charge in [-0.25, -0.2) is 0 Å². The van der Waals surface area contributed by atoms with Crippen LogP contribution in [0.15, 0.2) is 18.2 Å². The van der Waals surface area contributed by atoms with Gasteiger partial charge in [0.15, 0.2) is 5.75 Å². The maximum atomic E-state index is 12.0. The molecule has 0 saturated carbocycles. The molecule has 1 rings (SSSR count). The predicted octanol–water partition coefficient (Wildman–Crippen LogP) is 1.17. The fourth-order valence-electron chi connectivity index (χ4n) is 1.61. The molecular formula is C13H20N2O3S. The first-order chi connectivity index (χ1) is 9.06. The Labute approximate surface area is 116 Å². The maximum Gasteiger partial charge on any atom is 0.255 e. The van der Waals surface area contributed by atoms with Crippen LogP contribution >= 0.6 is 0 Å². The van der Waals surface area contributed by atoms with Gasteiger partial charge >= 0.3 is 0 Å². The molecule has 1 aromatic rings. The first kappa shape index (κ1) is 15.5. The number of anilines is 1. The molecule has 0 aromatic heterocycles. The molecule has 19 heavy (non-hydrogen) atoms. The number of hydrogen-bond acceptors (Lipinski definition) is 4. The van der Waals surface area contributed by atoms with Crippen LogP contribution in [0.4, 0.5) is 5.69 Å². The van der Waals surface area contributed by atoms with Crippen molar-refractivity contribution in [1.82, 2.24) is 5.32 Å². The second kappa shape index (κ2) is 7.78. The molecule has 1 aromatic carbocycles. The molecule has 0 spiro atoms. The fraction of sp³-hybridized carbons (Fsp3) is 0.462. The highest BCUT2D eigenvalue weighted by atomic mass is 32.2. The third-order valence-corrected chi connectivity index (χ3v) is 3.34. The Morgan fingerprint density at radius 3 is 2.84 bits per heavy atom. The van der Waals surface area contributed by atoms with E-state index in [2.05, 4.69) is 5.32 Å². The van der Waals surface area contributed by atoms with E-state index < -0.39 is 10.8 Å². The predicted molar refractivity (Wildman–Crippen MR) is 77.9 cm³/mol. The largest absolute Gasteiger partial charge is 0.491 e. The summed E-state index contributed by atoms with van der Waals surface area (Å²) >= 11 is 0. The molecule has 1 atom stereocenters. The van der Waals surface area contributed by atoms with Gasteiger partial charge in [-0.15, -0.1) is 0 Å². The van der Waals surface area contributed by atoms with E-state index in [1.54, 1.807) is 24.5 Å². The Kier molecular flexibility index (Phi) is 6.35. The van der Waals surface area contributed by atoms with Crippen molar-refractivity contribution >= 4 is 22.4 Å². The van der Waals surface area contributed by atoms with Gasteiger partial charge in [0.05, 0.1) is 17.9 Å². The lowest BCUT2D eigenvalue weighted by atomic mass is 10.1. The summed E-state index contributed by atoms with van der Waals surface area (Å²) in [6.45, 7) is 2.77. The van der Waals surface area contributed by atoms with Crippen molar-refractivity contribution in [2.75, 3.05) is 30.9 Å². The maximum absolute atomic E-state index is 12.0. The zero-order valence-corrected chi connectivity index (χ0v) is 12.1. The second-order valence-corrected chi connectivity index (χ2v) is 5.60. The van der Waals surface area contributed by atoms with Gasteiger partial charge < -0.3 is 15.8 Å². The van der Waals surface area contributed by atoms with E-state index in [-0.39, 0.29) is 5.91 Å².